The lowest BCUT2D eigenvalue weighted by molar-refractivity contribution is -0.123. The third kappa shape index (κ3) is 3.97. The van der Waals surface area contributed by atoms with E-state index in [-0.39, 0.29) is 11.8 Å². The molecule has 0 saturated heterocycles. The lowest BCUT2D eigenvalue weighted by Crippen LogP contribution is -2.32. The van der Waals surface area contributed by atoms with E-state index in [1.807, 2.05) is 13.8 Å². The Morgan fingerprint density at radius 3 is 2.56 bits per heavy atom. The number of amides is 1. The monoisotopic (exact) mass is 130 g/mol. The van der Waals surface area contributed by atoms with Gasteiger partial charge in [0.05, 0.1) is 0 Å². The Bertz CT molecular complexity index is 91.1. The maximum Gasteiger partial charge on any atom is 0.222 e. The van der Waals surface area contributed by atoms with E-state index in [1.165, 1.54) is 0 Å². The van der Waals surface area contributed by atoms with Crippen LogP contribution in [0.4, 0.5) is 0 Å². The van der Waals surface area contributed by atoms with Gasteiger partial charge in [-0.15, -0.1) is 0 Å². The molecule has 1 amide bonds. The maximum atomic E-state index is 10.7. The van der Waals surface area contributed by atoms with Crippen LogP contribution in [0.5, 0.6) is 0 Å². The van der Waals surface area contributed by atoms with Crippen LogP contribution < -0.4 is 11.1 Å². The first-order chi connectivity index (χ1) is 4.18. The van der Waals surface area contributed by atoms with Crippen LogP contribution in [-0.2, 0) is 4.79 Å². The Balaban J connectivity index is 3.28. The molecule has 0 aromatic carbocycles. The molecule has 3 nitrogen and oxygen atoms in total. The maximum absolute atomic E-state index is 10.7. The van der Waals surface area contributed by atoms with E-state index >= 15 is 0 Å². The normalized spacial score (nSPS) is 9.78. The largest absolute Gasteiger partial charge is 0.355 e. The van der Waals surface area contributed by atoms with E-state index in [0.717, 1.165) is 0 Å². The molecule has 0 aliphatic carbocycles. The first-order valence-corrected chi connectivity index (χ1v) is 3.16. The molecule has 3 N–H and O–H groups in total. The zero-order valence-electron chi connectivity index (χ0n) is 5.98. The summed E-state index contributed by atoms with van der Waals surface area (Å²) in [7, 11) is 0. The second-order valence-corrected chi connectivity index (χ2v) is 2.23. The Morgan fingerprint density at radius 2 is 2.22 bits per heavy atom. The van der Waals surface area contributed by atoms with Crippen molar-refractivity contribution in [1.82, 2.24) is 5.32 Å². The van der Waals surface area contributed by atoms with Gasteiger partial charge in [-0.1, -0.05) is 13.8 Å². The predicted molar refractivity (Wildman–Crippen MR) is 36.9 cm³/mol. The number of rotatable bonds is 3. The molecule has 9 heavy (non-hydrogen) atoms. The van der Waals surface area contributed by atoms with Gasteiger partial charge in [0.15, 0.2) is 0 Å². The van der Waals surface area contributed by atoms with Gasteiger partial charge >= 0.3 is 0 Å². The van der Waals surface area contributed by atoms with Gasteiger partial charge in [0, 0.05) is 19.0 Å². The molecule has 0 rings (SSSR count). The number of carbonyl (C=O) groups is 1. The minimum Gasteiger partial charge on any atom is -0.355 e. The Hall–Kier alpha value is -0.570. The summed E-state index contributed by atoms with van der Waals surface area (Å²) in [5.74, 6) is 0.136. The summed E-state index contributed by atoms with van der Waals surface area (Å²) < 4.78 is 0. The van der Waals surface area contributed by atoms with Crippen LogP contribution >= 0.6 is 0 Å². The topological polar surface area (TPSA) is 55.1 Å². The van der Waals surface area contributed by atoms with Crippen LogP contribution in [0.25, 0.3) is 0 Å². The molecule has 0 bridgehead atoms. The third-order valence-electron chi connectivity index (χ3n) is 0.968. The number of hydrogen-bond acceptors (Lipinski definition) is 2. The number of hydrogen-bond donors (Lipinski definition) is 2. The fraction of sp³-hybridized carbons (Fsp3) is 0.833. The lowest BCUT2D eigenvalue weighted by Gasteiger charge is -2.04. The van der Waals surface area contributed by atoms with Crippen LogP contribution in [0.15, 0.2) is 0 Å². The molecule has 0 heterocycles. The van der Waals surface area contributed by atoms with Crippen LogP contribution in [0, 0.1) is 5.92 Å². The highest BCUT2D eigenvalue weighted by Crippen LogP contribution is 1.88. The van der Waals surface area contributed by atoms with Crippen molar-refractivity contribution in [2.24, 2.45) is 11.7 Å². The van der Waals surface area contributed by atoms with Crippen LogP contribution in [0.2, 0.25) is 0 Å². The van der Waals surface area contributed by atoms with E-state index in [1.54, 1.807) is 0 Å². The molecule has 0 saturated carbocycles. The molecule has 0 atom stereocenters. The van der Waals surface area contributed by atoms with E-state index < -0.39 is 0 Å². The van der Waals surface area contributed by atoms with E-state index in [9.17, 15) is 4.79 Å². The molecular formula is C6H14N2O. The van der Waals surface area contributed by atoms with Crippen molar-refractivity contribution in [2.75, 3.05) is 13.1 Å². The molecule has 0 aromatic rings. The Labute approximate surface area is 55.6 Å². The second kappa shape index (κ2) is 4.32. The van der Waals surface area contributed by atoms with Crippen molar-refractivity contribution < 1.29 is 4.79 Å². The summed E-state index contributed by atoms with van der Waals surface area (Å²) in [6.45, 7) is 4.80. The molecule has 0 spiro atoms. The first-order valence-electron chi connectivity index (χ1n) is 3.16. The third-order valence-corrected chi connectivity index (χ3v) is 0.968. The zero-order chi connectivity index (χ0) is 7.28. The molecule has 0 radical (unpaired) electrons. The molecule has 0 aromatic heterocycles. The van der Waals surface area contributed by atoms with Crippen molar-refractivity contribution in [3.63, 3.8) is 0 Å². The lowest BCUT2D eigenvalue weighted by atomic mass is 10.2. The Morgan fingerprint density at radius 1 is 1.67 bits per heavy atom. The van der Waals surface area contributed by atoms with Gasteiger partial charge in [0.1, 0.15) is 0 Å². The molecule has 0 fully saturated rings. The number of carbonyl (C=O) groups excluding carboxylic acids is 1. The smallest absolute Gasteiger partial charge is 0.222 e. The molecular weight excluding hydrogens is 116 g/mol. The van der Waals surface area contributed by atoms with Gasteiger partial charge in [-0.05, 0) is 0 Å². The van der Waals surface area contributed by atoms with Crippen LogP contribution in [0.1, 0.15) is 13.8 Å². The predicted octanol–water partition coefficient (Wildman–Crippen LogP) is -0.283. The van der Waals surface area contributed by atoms with Crippen LogP contribution in [0.3, 0.4) is 0 Å². The van der Waals surface area contributed by atoms with Gasteiger partial charge < -0.3 is 11.1 Å². The quantitative estimate of drug-likeness (QED) is 0.552. The van der Waals surface area contributed by atoms with Gasteiger partial charge in [-0.25, -0.2) is 0 Å². The minimum absolute atomic E-state index is 0.0662. The number of nitrogens with two attached hydrogens (primary N) is 1. The Kier molecular flexibility index (Phi) is 4.05. The highest BCUT2D eigenvalue weighted by Gasteiger charge is 2.03. The van der Waals surface area contributed by atoms with Crippen molar-refractivity contribution in [3.8, 4) is 0 Å². The summed E-state index contributed by atoms with van der Waals surface area (Å²) in [6, 6.07) is 0. The minimum atomic E-state index is 0.0662. The van der Waals surface area contributed by atoms with Gasteiger partial charge in [-0.2, -0.15) is 0 Å². The summed E-state index contributed by atoms with van der Waals surface area (Å²) in [5.41, 5.74) is 5.16. The van der Waals surface area contributed by atoms with Gasteiger partial charge in [0.25, 0.3) is 0 Å². The zero-order valence-corrected chi connectivity index (χ0v) is 5.98. The first kappa shape index (κ1) is 8.43. The van der Waals surface area contributed by atoms with Crippen molar-refractivity contribution in [1.29, 1.82) is 0 Å². The highest BCUT2D eigenvalue weighted by atomic mass is 16.1. The molecule has 0 aliphatic heterocycles. The summed E-state index contributed by atoms with van der Waals surface area (Å²) in [4.78, 5) is 10.7. The van der Waals surface area contributed by atoms with Crippen molar-refractivity contribution >= 4 is 5.91 Å². The summed E-state index contributed by atoms with van der Waals surface area (Å²) in [5, 5.41) is 2.67. The highest BCUT2D eigenvalue weighted by molar-refractivity contribution is 5.77. The van der Waals surface area contributed by atoms with Crippen molar-refractivity contribution in [2.45, 2.75) is 13.8 Å². The van der Waals surface area contributed by atoms with Gasteiger partial charge in [-0.3, -0.25) is 4.79 Å². The van der Waals surface area contributed by atoms with Crippen LogP contribution in [-0.4, -0.2) is 19.0 Å². The van der Waals surface area contributed by atoms with Crippen molar-refractivity contribution in [3.05, 3.63) is 0 Å². The molecule has 0 unspecified atom stereocenters. The van der Waals surface area contributed by atoms with E-state index in [4.69, 9.17) is 5.73 Å². The fourth-order valence-electron chi connectivity index (χ4n) is 0.399. The van der Waals surface area contributed by atoms with E-state index in [0.29, 0.717) is 13.1 Å². The van der Waals surface area contributed by atoms with Gasteiger partial charge in [0.2, 0.25) is 5.91 Å². The second-order valence-electron chi connectivity index (χ2n) is 2.23. The number of nitrogens with one attached hydrogen (secondary N) is 1. The molecule has 3 heteroatoms. The average Bonchev–Trinajstić information content (AvgIpc) is 1.82. The SMILES string of the molecule is CC(C)C(=O)NCCN. The standard InChI is InChI=1S/C6H14N2O/c1-5(2)6(9)8-4-3-7/h5H,3-4,7H2,1-2H3,(H,8,9). The fourth-order valence-corrected chi connectivity index (χ4v) is 0.399. The van der Waals surface area contributed by atoms with E-state index in [2.05, 4.69) is 5.32 Å². The molecule has 0 aliphatic rings. The average molecular weight is 130 g/mol. The summed E-state index contributed by atoms with van der Waals surface area (Å²) in [6.07, 6.45) is 0. The molecule has 54 valence electrons. The summed E-state index contributed by atoms with van der Waals surface area (Å²) >= 11 is 0.